The summed E-state index contributed by atoms with van der Waals surface area (Å²) in [7, 11) is 0. The second-order valence-electron chi connectivity index (χ2n) is 4.76. The van der Waals surface area contributed by atoms with E-state index in [9.17, 15) is 4.79 Å². The first kappa shape index (κ1) is 15.5. The number of rotatable bonds is 3. The highest BCUT2D eigenvalue weighted by Gasteiger charge is 2.21. The largest absolute Gasteiger partial charge is 0.403 e. The van der Waals surface area contributed by atoms with Crippen LogP contribution < -0.4 is 0 Å². The SMILES string of the molecule is O=C1OC(C=Cc2ccccc2)=NC1=Cc1cccc(Cl)c1Cl. The lowest BCUT2D eigenvalue weighted by atomic mass is 10.2. The highest BCUT2D eigenvalue weighted by molar-refractivity contribution is 6.43. The topological polar surface area (TPSA) is 38.7 Å². The van der Waals surface area contributed by atoms with Crippen molar-refractivity contribution in [2.24, 2.45) is 4.99 Å². The lowest BCUT2D eigenvalue weighted by Crippen LogP contribution is -2.01. The number of carbonyl (C=O) groups excluding carboxylic acids is 1. The smallest absolute Gasteiger partial charge is 0.363 e. The maximum absolute atomic E-state index is 11.9. The van der Waals surface area contributed by atoms with Crippen LogP contribution >= 0.6 is 23.2 Å². The van der Waals surface area contributed by atoms with Crippen molar-refractivity contribution in [3.05, 3.63) is 81.5 Å². The van der Waals surface area contributed by atoms with Crippen molar-refractivity contribution in [2.75, 3.05) is 0 Å². The molecule has 0 radical (unpaired) electrons. The molecule has 3 nitrogen and oxygen atoms in total. The van der Waals surface area contributed by atoms with Gasteiger partial charge in [-0.15, -0.1) is 0 Å². The van der Waals surface area contributed by atoms with Gasteiger partial charge in [-0.3, -0.25) is 0 Å². The van der Waals surface area contributed by atoms with Gasteiger partial charge < -0.3 is 4.74 Å². The van der Waals surface area contributed by atoms with Crippen molar-refractivity contribution in [1.82, 2.24) is 0 Å². The van der Waals surface area contributed by atoms with Crippen LogP contribution in [0.5, 0.6) is 0 Å². The molecule has 23 heavy (non-hydrogen) atoms. The number of hydrogen-bond acceptors (Lipinski definition) is 3. The number of ether oxygens (including phenoxy) is 1. The quantitative estimate of drug-likeness (QED) is 0.580. The maximum atomic E-state index is 11.9. The van der Waals surface area contributed by atoms with Gasteiger partial charge in [0.15, 0.2) is 5.70 Å². The van der Waals surface area contributed by atoms with E-state index < -0.39 is 5.97 Å². The van der Waals surface area contributed by atoms with Crippen LogP contribution in [0, 0.1) is 0 Å². The molecule has 0 saturated heterocycles. The molecule has 5 heteroatoms. The zero-order valence-corrected chi connectivity index (χ0v) is 13.4. The molecule has 0 saturated carbocycles. The molecule has 0 aliphatic carbocycles. The molecule has 0 bridgehead atoms. The van der Waals surface area contributed by atoms with Crippen LogP contribution in [-0.2, 0) is 9.53 Å². The minimum Gasteiger partial charge on any atom is -0.403 e. The van der Waals surface area contributed by atoms with E-state index in [1.54, 1.807) is 30.4 Å². The van der Waals surface area contributed by atoms with Crippen LogP contribution in [0.25, 0.3) is 12.2 Å². The van der Waals surface area contributed by atoms with Crippen molar-refractivity contribution in [2.45, 2.75) is 0 Å². The van der Waals surface area contributed by atoms with Crippen LogP contribution in [0.4, 0.5) is 0 Å². The molecule has 0 atom stereocenters. The van der Waals surface area contributed by atoms with Gasteiger partial charge in [-0.2, -0.15) is 0 Å². The lowest BCUT2D eigenvalue weighted by Gasteiger charge is -1.99. The number of benzene rings is 2. The van der Waals surface area contributed by atoms with Crippen LogP contribution in [0.3, 0.4) is 0 Å². The number of cyclic esters (lactones) is 1. The molecule has 0 aromatic heterocycles. The molecule has 2 aromatic rings. The molecule has 1 aliphatic heterocycles. The molecule has 114 valence electrons. The first-order chi connectivity index (χ1) is 11.1. The second kappa shape index (κ2) is 6.82. The van der Waals surface area contributed by atoms with E-state index in [-0.39, 0.29) is 11.6 Å². The molecule has 0 fully saturated rings. The fraction of sp³-hybridized carbons (Fsp3) is 0. The zero-order valence-electron chi connectivity index (χ0n) is 11.9. The first-order valence-electron chi connectivity index (χ1n) is 6.83. The number of halogens is 2. The number of hydrogen-bond donors (Lipinski definition) is 0. The number of esters is 1. The Labute approximate surface area is 143 Å². The van der Waals surface area contributed by atoms with E-state index in [0.717, 1.165) is 5.56 Å². The average molecular weight is 344 g/mol. The van der Waals surface area contributed by atoms with Crippen molar-refractivity contribution >= 4 is 47.2 Å². The normalized spacial score (nSPS) is 16.0. The third kappa shape index (κ3) is 3.70. The number of carbonyl (C=O) groups is 1. The molecule has 1 heterocycles. The molecule has 1 aliphatic rings. The Hall–Kier alpha value is -2.36. The van der Waals surface area contributed by atoms with Gasteiger partial charge in [0.05, 0.1) is 10.0 Å². The van der Waals surface area contributed by atoms with E-state index in [1.165, 1.54) is 0 Å². The van der Waals surface area contributed by atoms with E-state index in [0.29, 0.717) is 15.6 Å². The Balaban J connectivity index is 1.85. The van der Waals surface area contributed by atoms with Crippen LogP contribution in [0.2, 0.25) is 10.0 Å². The molecule has 0 amide bonds. The second-order valence-corrected chi connectivity index (χ2v) is 5.54. The summed E-state index contributed by atoms with van der Waals surface area (Å²) in [6.45, 7) is 0. The molecule has 0 spiro atoms. The van der Waals surface area contributed by atoms with Crippen molar-refractivity contribution in [1.29, 1.82) is 0 Å². The predicted octanol–water partition coefficient (Wildman–Crippen LogP) is 5.00. The summed E-state index contributed by atoms with van der Waals surface area (Å²) in [4.78, 5) is 16.0. The Kier molecular flexibility index (Phi) is 4.60. The third-order valence-corrected chi connectivity index (χ3v) is 3.96. The Morgan fingerprint density at radius 3 is 2.52 bits per heavy atom. The van der Waals surface area contributed by atoms with Crippen LogP contribution in [0.1, 0.15) is 11.1 Å². The Morgan fingerprint density at radius 1 is 0.957 bits per heavy atom. The highest BCUT2D eigenvalue weighted by atomic mass is 35.5. The minimum absolute atomic E-state index is 0.182. The van der Waals surface area contributed by atoms with Gasteiger partial charge in [0.1, 0.15) is 0 Å². The highest BCUT2D eigenvalue weighted by Crippen LogP contribution is 2.28. The number of aliphatic imine (C=N–C) groups is 1. The molecular formula is C18H11Cl2NO2. The van der Waals surface area contributed by atoms with Crippen molar-refractivity contribution < 1.29 is 9.53 Å². The van der Waals surface area contributed by atoms with Gasteiger partial charge in [0, 0.05) is 6.08 Å². The lowest BCUT2D eigenvalue weighted by molar-refractivity contribution is -0.129. The zero-order chi connectivity index (χ0) is 16.2. The van der Waals surface area contributed by atoms with Crippen LogP contribution in [-0.4, -0.2) is 11.9 Å². The molecular weight excluding hydrogens is 333 g/mol. The standard InChI is InChI=1S/C18H11Cl2NO2/c19-14-8-4-7-13(17(14)20)11-15-18(22)23-16(21-15)10-9-12-5-2-1-3-6-12/h1-11H. The van der Waals surface area contributed by atoms with E-state index in [2.05, 4.69) is 4.99 Å². The number of nitrogens with zero attached hydrogens (tertiary/aromatic N) is 1. The van der Waals surface area contributed by atoms with E-state index >= 15 is 0 Å². The van der Waals surface area contributed by atoms with Gasteiger partial charge in [0.25, 0.3) is 0 Å². The van der Waals surface area contributed by atoms with E-state index in [1.807, 2.05) is 36.4 Å². The molecule has 3 rings (SSSR count). The van der Waals surface area contributed by atoms with Gasteiger partial charge in [-0.25, -0.2) is 9.79 Å². The minimum atomic E-state index is -0.520. The summed E-state index contributed by atoms with van der Waals surface area (Å²) in [5.74, 6) is -0.281. The van der Waals surface area contributed by atoms with Crippen molar-refractivity contribution in [3.8, 4) is 0 Å². The predicted molar refractivity (Wildman–Crippen MR) is 93.4 cm³/mol. The van der Waals surface area contributed by atoms with Crippen molar-refractivity contribution in [3.63, 3.8) is 0 Å². The third-order valence-electron chi connectivity index (χ3n) is 3.13. The monoisotopic (exact) mass is 343 g/mol. The Morgan fingerprint density at radius 2 is 1.74 bits per heavy atom. The summed E-state index contributed by atoms with van der Waals surface area (Å²) in [5, 5.41) is 0.790. The molecule has 2 aromatic carbocycles. The van der Waals surface area contributed by atoms with E-state index in [4.69, 9.17) is 27.9 Å². The average Bonchev–Trinajstić information content (AvgIpc) is 2.91. The summed E-state index contributed by atoms with van der Waals surface area (Å²) in [6.07, 6.45) is 5.02. The fourth-order valence-electron chi connectivity index (χ4n) is 2.01. The maximum Gasteiger partial charge on any atom is 0.363 e. The fourth-order valence-corrected chi connectivity index (χ4v) is 2.37. The van der Waals surface area contributed by atoms with Gasteiger partial charge >= 0.3 is 5.97 Å². The summed E-state index contributed by atoms with van der Waals surface area (Å²) < 4.78 is 5.12. The summed E-state index contributed by atoms with van der Waals surface area (Å²) in [5.41, 5.74) is 1.78. The van der Waals surface area contributed by atoms with Gasteiger partial charge in [-0.05, 0) is 29.3 Å². The summed E-state index contributed by atoms with van der Waals surface area (Å²) in [6, 6.07) is 14.8. The van der Waals surface area contributed by atoms with Crippen LogP contribution in [0.15, 0.2) is 65.3 Å². The summed E-state index contributed by atoms with van der Waals surface area (Å²) >= 11 is 12.1. The molecule has 0 unspecified atom stereocenters. The van der Waals surface area contributed by atoms with Gasteiger partial charge in [0.2, 0.25) is 5.90 Å². The Bertz CT molecular complexity index is 839. The molecule has 0 N–H and O–H groups in total. The first-order valence-corrected chi connectivity index (χ1v) is 7.59. The van der Waals surface area contributed by atoms with Gasteiger partial charge in [-0.1, -0.05) is 65.7 Å².